The lowest BCUT2D eigenvalue weighted by Gasteiger charge is -2.26. The van der Waals surface area contributed by atoms with Gasteiger partial charge in [0.1, 0.15) is 6.10 Å². The number of nitrogens with zero attached hydrogens (tertiary/aromatic N) is 3. The summed E-state index contributed by atoms with van der Waals surface area (Å²) in [7, 11) is 3.81. The van der Waals surface area contributed by atoms with Gasteiger partial charge in [-0.05, 0) is 50.7 Å². The Morgan fingerprint density at radius 2 is 2.14 bits per heavy atom. The molecule has 29 heavy (non-hydrogen) atoms. The van der Waals surface area contributed by atoms with Crippen LogP contribution in [0.2, 0.25) is 0 Å². The maximum atomic E-state index is 12.5. The molecule has 2 aromatic rings. The number of hydrogen-bond acceptors (Lipinski definition) is 4. The first-order valence-electron chi connectivity index (χ1n) is 10.6. The summed E-state index contributed by atoms with van der Waals surface area (Å²) in [4.78, 5) is 14.3. The first-order valence-corrected chi connectivity index (χ1v) is 10.6. The average molecular weight is 400 g/mol. The number of hydrogen-bond donors (Lipinski definition) is 0. The third kappa shape index (κ3) is 6.15. The van der Waals surface area contributed by atoms with E-state index in [9.17, 15) is 4.79 Å². The van der Waals surface area contributed by atoms with E-state index in [2.05, 4.69) is 23.3 Å². The first-order chi connectivity index (χ1) is 14.0. The van der Waals surface area contributed by atoms with Crippen molar-refractivity contribution in [3.63, 3.8) is 0 Å². The van der Waals surface area contributed by atoms with Gasteiger partial charge in [-0.15, -0.1) is 0 Å². The number of amides is 1. The fourth-order valence-corrected chi connectivity index (χ4v) is 3.71. The molecule has 6 nitrogen and oxygen atoms in total. The van der Waals surface area contributed by atoms with Crippen molar-refractivity contribution < 1.29 is 14.3 Å². The van der Waals surface area contributed by atoms with E-state index in [1.165, 1.54) is 6.42 Å². The average Bonchev–Trinajstić information content (AvgIpc) is 3.13. The minimum absolute atomic E-state index is 0.0202. The molecule has 2 atom stereocenters. The predicted molar refractivity (Wildman–Crippen MR) is 114 cm³/mol. The highest BCUT2D eigenvalue weighted by molar-refractivity contribution is 5.80. The van der Waals surface area contributed by atoms with Crippen LogP contribution < -0.4 is 0 Å². The summed E-state index contributed by atoms with van der Waals surface area (Å²) < 4.78 is 13.4. The molecule has 1 saturated heterocycles. The molecule has 0 spiro atoms. The van der Waals surface area contributed by atoms with Gasteiger partial charge in [-0.3, -0.25) is 9.48 Å². The van der Waals surface area contributed by atoms with Crippen molar-refractivity contribution in [3.05, 3.63) is 42.1 Å². The second-order valence-corrected chi connectivity index (χ2v) is 7.84. The maximum absolute atomic E-state index is 12.5. The van der Waals surface area contributed by atoms with E-state index in [4.69, 9.17) is 9.47 Å². The van der Waals surface area contributed by atoms with E-state index in [1.54, 1.807) is 4.90 Å². The molecule has 6 heteroatoms. The molecule has 0 saturated carbocycles. The van der Waals surface area contributed by atoms with Gasteiger partial charge in [0.25, 0.3) is 5.91 Å². The number of carbonyl (C=O) groups excluding carboxylic acids is 1. The molecule has 3 rings (SSSR count). The van der Waals surface area contributed by atoms with E-state index < -0.39 is 6.10 Å². The monoisotopic (exact) mass is 399 g/mol. The second-order valence-electron chi connectivity index (χ2n) is 7.84. The van der Waals surface area contributed by atoms with E-state index >= 15 is 0 Å². The Bertz CT molecular complexity index is 769. The van der Waals surface area contributed by atoms with Crippen LogP contribution in [0.25, 0.3) is 11.3 Å². The second kappa shape index (κ2) is 10.6. The molecule has 1 aliphatic rings. The number of benzene rings is 1. The minimum Gasteiger partial charge on any atom is -0.376 e. The molecule has 0 bridgehead atoms. The van der Waals surface area contributed by atoms with Crippen molar-refractivity contribution >= 4 is 5.91 Å². The van der Waals surface area contributed by atoms with E-state index in [0.717, 1.165) is 49.2 Å². The molecule has 0 N–H and O–H groups in total. The van der Waals surface area contributed by atoms with Crippen molar-refractivity contribution in [2.45, 2.75) is 51.2 Å². The zero-order valence-corrected chi connectivity index (χ0v) is 17.8. The van der Waals surface area contributed by atoms with Crippen LogP contribution in [-0.4, -0.2) is 59.6 Å². The predicted octanol–water partition coefficient (Wildman–Crippen LogP) is 3.45. The molecule has 1 aliphatic heterocycles. The molecular formula is C23H33N3O3. The first kappa shape index (κ1) is 21.5. The van der Waals surface area contributed by atoms with Crippen molar-refractivity contribution in [3.8, 4) is 11.3 Å². The molecule has 1 amide bonds. The summed E-state index contributed by atoms with van der Waals surface area (Å²) in [5, 5.41) is 4.62. The number of carbonyl (C=O) groups is 1. The molecule has 1 aromatic heterocycles. The zero-order chi connectivity index (χ0) is 20.6. The third-order valence-electron chi connectivity index (χ3n) is 5.46. The third-order valence-corrected chi connectivity index (χ3v) is 5.46. The Morgan fingerprint density at radius 1 is 1.34 bits per heavy atom. The Morgan fingerprint density at radius 3 is 2.86 bits per heavy atom. The van der Waals surface area contributed by atoms with Crippen LogP contribution in [0.5, 0.6) is 0 Å². The van der Waals surface area contributed by atoms with E-state index in [-0.39, 0.29) is 12.0 Å². The molecule has 0 aliphatic carbocycles. The SMILES string of the molecule is CC(OCC1CCCCO1)C(=O)N(C)CCCc1cc(-c2ccccc2)n(C)n1. The van der Waals surface area contributed by atoms with Crippen LogP contribution in [0, 0.1) is 0 Å². The normalized spacial score (nSPS) is 17.8. The highest BCUT2D eigenvalue weighted by Crippen LogP contribution is 2.20. The molecule has 2 heterocycles. The number of aryl methyl sites for hydroxylation is 2. The van der Waals surface area contributed by atoms with Gasteiger partial charge < -0.3 is 14.4 Å². The smallest absolute Gasteiger partial charge is 0.251 e. The Balaban J connectivity index is 1.42. The van der Waals surface area contributed by atoms with Gasteiger partial charge in [-0.25, -0.2) is 0 Å². The molecule has 158 valence electrons. The summed E-state index contributed by atoms with van der Waals surface area (Å²) in [6.45, 7) is 3.81. The molecule has 0 radical (unpaired) electrons. The van der Waals surface area contributed by atoms with Crippen LogP contribution in [0.4, 0.5) is 0 Å². The fraction of sp³-hybridized carbons (Fsp3) is 0.565. The van der Waals surface area contributed by atoms with Crippen LogP contribution in [0.3, 0.4) is 0 Å². The lowest BCUT2D eigenvalue weighted by atomic mass is 10.1. The Hall–Kier alpha value is -2.18. The topological polar surface area (TPSA) is 56.6 Å². The van der Waals surface area contributed by atoms with Gasteiger partial charge >= 0.3 is 0 Å². The van der Waals surface area contributed by atoms with Crippen molar-refractivity contribution in [2.75, 3.05) is 26.8 Å². The van der Waals surface area contributed by atoms with Crippen molar-refractivity contribution in [1.82, 2.24) is 14.7 Å². The zero-order valence-electron chi connectivity index (χ0n) is 17.8. The minimum atomic E-state index is -0.440. The lowest BCUT2D eigenvalue weighted by Crippen LogP contribution is -2.38. The summed E-state index contributed by atoms with van der Waals surface area (Å²) >= 11 is 0. The lowest BCUT2D eigenvalue weighted by molar-refractivity contribution is -0.144. The van der Waals surface area contributed by atoms with Gasteiger partial charge in [0.2, 0.25) is 0 Å². The van der Waals surface area contributed by atoms with Crippen molar-refractivity contribution in [2.24, 2.45) is 7.05 Å². The van der Waals surface area contributed by atoms with E-state index in [0.29, 0.717) is 13.2 Å². The number of aromatic nitrogens is 2. The summed E-state index contributed by atoms with van der Waals surface area (Å²) in [6, 6.07) is 12.4. The van der Waals surface area contributed by atoms with Gasteiger partial charge in [0, 0.05) is 27.2 Å². The standard InChI is InChI=1S/C23H33N3O3/c1-18(29-17-21-13-7-8-15-28-21)23(27)25(2)14-9-12-20-16-22(26(3)24-20)19-10-5-4-6-11-19/h4-6,10-11,16,18,21H,7-9,12-15,17H2,1-3H3. The quantitative estimate of drug-likeness (QED) is 0.648. The van der Waals surface area contributed by atoms with Crippen LogP contribution in [0.15, 0.2) is 36.4 Å². The Labute approximate surface area is 173 Å². The van der Waals surface area contributed by atoms with Crippen molar-refractivity contribution in [1.29, 1.82) is 0 Å². The molecule has 1 aromatic carbocycles. The molecule has 2 unspecified atom stereocenters. The maximum Gasteiger partial charge on any atom is 0.251 e. The van der Waals surface area contributed by atoms with Gasteiger partial charge in [-0.2, -0.15) is 5.10 Å². The molecular weight excluding hydrogens is 366 g/mol. The fourth-order valence-electron chi connectivity index (χ4n) is 3.71. The molecule has 1 fully saturated rings. The van der Waals surface area contributed by atoms with Gasteiger partial charge in [-0.1, -0.05) is 30.3 Å². The van der Waals surface area contributed by atoms with Gasteiger partial charge in [0.05, 0.1) is 24.1 Å². The van der Waals surface area contributed by atoms with E-state index in [1.807, 2.05) is 43.9 Å². The largest absolute Gasteiger partial charge is 0.376 e. The number of ether oxygens (including phenoxy) is 2. The highest BCUT2D eigenvalue weighted by Gasteiger charge is 2.21. The number of rotatable bonds is 9. The van der Waals surface area contributed by atoms with Crippen LogP contribution >= 0.6 is 0 Å². The Kier molecular flexibility index (Phi) is 7.83. The summed E-state index contributed by atoms with van der Waals surface area (Å²) in [6.07, 6.45) is 4.71. The number of likely N-dealkylation sites (N-methyl/N-ethyl adjacent to an activating group) is 1. The van der Waals surface area contributed by atoms with Crippen LogP contribution in [0.1, 0.15) is 38.3 Å². The van der Waals surface area contributed by atoms with Gasteiger partial charge in [0.15, 0.2) is 0 Å². The summed E-state index contributed by atoms with van der Waals surface area (Å²) in [5.41, 5.74) is 3.32. The van der Waals surface area contributed by atoms with Crippen LogP contribution in [-0.2, 0) is 27.7 Å². The summed E-state index contributed by atoms with van der Waals surface area (Å²) in [5.74, 6) is 0.0202. The highest BCUT2D eigenvalue weighted by atomic mass is 16.5.